The maximum absolute atomic E-state index is 10.8. The molecule has 0 aromatic rings. The van der Waals surface area contributed by atoms with Gasteiger partial charge in [-0.1, -0.05) is 13.8 Å². The summed E-state index contributed by atoms with van der Waals surface area (Å²) in [6.07, 6.45) is 0.922. The first-order valence-electron chi connectivity index (χ1n) is 4.27. The Morgan fingerprint density at radius 2 is 1.58 bits per heavy atom. The number of carboxylic acids is 1. The van der Waals surface area contributed by atoms with Gasteiger partial charge in [-0.2, -0.15) is 0 Å². The second kappa shape index (κ2) is 3.44. The molecule has 0 saturated carbocycles. The first-order valence-corrected chi connectivity index (χ1v) is 4.27. The normalized spacial score (nSPS) is 13.1. The number of hydrogen-bond acceptors (Lipinski definition) is 2. The van der Waals surface area contributed by atoms with Crippen molar-refractivity contribution in [2.75, 3.05) is 0 Å². The van der Waals surface area contributed by atoms with Crippen LogP contribution in [-0.2, 0) is 4.79 Å². The molecule has 0 fully saturated rings. The summed E-state index contributed by atoms with van der Waals surface area (Å²) in [6.45, 7) is 6.72. The first kappa shape index (κ1) is 11.4. The smallest absolute Gasteiger partial charge is 0.312 e. The highest BCUT2D eigenvalue weighted by Crippen LogP contribution is 2.36. The molecule has 2 N–H and O–H groups in total. The van der Waals surface area contributed by atoms with Crippen molar-refractivity contribution >= 4 is 5.97 Å². The summed E-state index contributed by atoms with van der Waals surface area (Å²) < 4.78 is 0. The van der Waals surface area contributed by atoms with Gasteiger partial charge in [0.15, 0.2) is 0 Å². The summed E-state index contributed by atoms with van der Waals surface area (Å²) in [4.78, 5) is 10.8. The van der Waals surface area contributed by atoms with E-state index in [-0.39, 0.29) is 0 Å². The Hall–Kier alpha value is -0.570. The molecule has 0 rings (SSSR count). The largest absolute Gasteiger partial charge is 0.481 e. The van der Waals surface area contributed by atoms with E-state index in [0.29, 0.717) is 12.8 Å². The van der Waals surface area contributed by atoms with Crippen molar-refractivity contribution in [3.8, 4) is 0 Å². The lowest BCUT2D eigenvalue weighted by Gasteiger charge is -2.38. The van der Waals surface area contributed by atoms with Crippen LogP contribution in [0.4, 0.5) is 0 Å². The van der Waals surface area contributed by atoms with Gasteiger partial charge in [0.05, 0.1) is 11.0 Å². The molecule has 0 atom stereocenters. The average Bonchev–Trinajstić information content (AvgIpc) is 2.02. The minimum absolute atomic E-state index is 0.461. The summed E-state index contributed by atoms with van der Waals surface area (Å²) in [7, 11) is 0. The van der Waals surface area contributed by atoms with Gasteiger partial charge in [0.1, 0.15) is 0 Å². The van der Waals surface area contributed by atoms with Gasteiger partial charge in [-0.15, -0.1) is 0 Å². The van der Waals surface area contributed by atoms with Crippen LogP contribution in [0.1, 0.15) is 40.5 Å². The second-order valence-electron chi connectivity index (χ2n) is 3.67. The molecular weight excluding hydrogens is 156 g/mol. The number of carbonyl (C=O) groups is 1. The molecule has 0 aliphatic rings. The molecule has 0 unspecified atom stereocenters. The van der Waals surface area contributed by atoms with Crippen molar-refractivity contribution in [2.24, 2.45) is 5.41 Å². The van der Waals surface area contributed by atoms with Crippen LogP contribution in [0.15, 0.2) is 0 Å². The predicted molar refractivity (Wildman–Crippen MR) is 46.9 cm³/mol. The van der Waals surface area contributed by atoms with Crippen LogP contribution in [0.25, 0.3) is 0 Å². The summed E-state index contributed by atoms with van der Waals surface area (Å²) in [6, 6.07) is 0. The lowest BCUT2D eigenvalue weighted by Crippen LogP contribution is -2.48. The Balaban J connectivity index is 4.83. The zero-order chi connectivity index (χ0) is 9.99. The molecule has 3 nitrogen and oxygen atoms in total. The fraction of sp³-hybridized carbons (Fsp3) is 0.889. The van der Waals surface area contributed by atoms with Crippen molar-refractivity contribution in [2.45, 2.75) is 46.1 Å². The Bertz CT molecular complexity index is 169. The molecule has 12 heavy (non-hydrogen) atoms. The van der Waals surface area contributed by atoms with Crippen LogP contribution in [-0.4, -0.2) is 21.8 Å². The molecule has 0 amide bonds. The van der Waals surface area contributed by atoms with Crippen LogP contribution in [0.3, 0.4) is 0 Å². The summed E-state index contributed by atoms with van der Waals surface area (Å²) in [5.41, 5.74) is -2.17. The van der Waals surface area contributed by atoms with E-state index in [0.717, 1.165) is 0 Å². The van der Waals surface area contributed by atoms with Gasteiger partial charge >= 0.3 is 5.97 Å². The quantitative estimate of drug-likeness (QED) is 0.681. The SMILES string of the molecule is CCC(O)(CC)C(C)(C)C(=O)O. The van der Waals surface area contributed by atoms with Crippen LogP contribution < -0.4 is 0 Å². The van der Waals surface area contributed by atoms with E-state index in [4.69, 9.17) is 5.11 Å². The highest BCUT2D eigenvalue weighted by atomic mass is 16.4. The Morgan fingerprint density at radius 1 is 1.25 bits per heavy atom. The van der Waals surface area contributed by atoms with Gasteiger partial charge in [-0.3, -0.25) is 4.79 Å². The number of carboxylic acid groups (broad SMARTS) is 1. The fourth-order valence-corrected chi connectivity index (χ4v) is 1.33. The van der Waals surface area contributed by atoms with Gasteiger partial charge in [0.25, 0.3) is 0 Å². The van der Waals surface area contributed by atoms with Gasteiger partial charge in [0, 0.05) is 0 Å². The van der Waals surface area contributed by atoms with E-state index in [9.17, 15) is 9.90 Å². The van der Waals surface area contributed by atoms with Crippen molar-refractivity contribution in [1.82, 2.24) is 0 Å². The molecule has 0 spiro atoms. The molecular formula is C9H18O3. The van der Waals surface area contributed by atoms with E-state index in [1.54, 1.807) is 27.7 Å². The van der Waals surface area contributed by atoms with E-state index in [2.05, 4.69) is 0 Å². The molecule has 0 aliphatic carbocycles. The third-order valence-electron chi connectivity index (χ3n) is 2.87. The molecule has 0 aliphatic heterocycles. The molecule has 0 aromatic heterocycles. The monoisotopic (exact) mass is 174 g/mol. The second-order valence-corrected chi connectivity index (χ2v) is 3.67. The van der Waals surface area contributed by atoms with E-state index < -0.39 is 17.0 Å². The summed E-state index contributed by atoms with van der Waals surface area (Å²) in [5.74, 6) is -0.950. The Labute approximate surface area is 73.4 Å². The molecule has 72 valence electrons. The maximum Gasteiger partial charge on any atom is 0.312 e. The first-order chi connectivity index (χ1) is 5.31. The molecule has 0 bridgehead atoms. The van der Waals surface area contributed by atoms with Crippen molar-refractivity contribution in [3.05, 3.63) is 0 Å². The fourth-order valence-electron chi connectivity index (χ4n) is 1.33. The van der Waals surface area contributed by atoms with Crippen LogP contribution in [0, 0.1) is 5.41 Å². The number of rotatable bonds is 4. The predicted octanol–water partition coefficient (Wildman–Crippen LogP) is 1.65. The lowest BCUT2D eigenvalue weighted by molar-refractivity contribution is -0.165. The minimum atomic E-state index is -1.10. The zero-order valence-corrected chi connectivity index (χ0v) is 8.22. The summed E-state index contributed by atoms with van der Waals surface area (Å²) >= 11 is 0. The maximum atomic E-state index is 10.8. The van der Waals surface area contributed by atoms with Gasteiger partial charge in [-0.05, 0) is 26.7 Å². The molecule has 0 saturated heterocycles. The number of aliphatic carboxylic acids is 1. The highest BCUT2D eigenvalue weighted by Gasteiger charge is 2.46. The summed E-state index contributed by atoms with van der Waals surface area (Å²) in [5, 5.41) is 18.8. The highest BCUT2D eigenvalue weighted by molar-refractivity contribution is 5.75. The third-order valence-corrected chi connectivity index (χ3v) is 2.87. The number of aliphatic hydroxyl groups is 1. The molecule has 0 radical (unpaired) electrons. The number of hydrogen-bond donors (Lipinski definition) is 2. The Morgan fingerprint density at radius 3 is 1.67 bits per heavy atom. The average molecular weight is 174 g/mol. The molecule has 0 aromatic carbocycles. The zero-order valence-electron chi connectivity index (χ0n) is 8.22. The van der Waals surface area contributed by atoms with Gasteiger partial charge in [0.2, 0.25) is 0 Å². The molecule has 3 heteroatoms. The van der Waals surface area contributed by atoms with Crippen LogP contribution >= 0.6 is 0 Å². The Kier molecular flexibility index (Phi) is 3.27. The van der Waals surface area contributed by atoms with Gasteiger partial charge < -0.3 is 10.2 Å². The van der Waals surface area contributed by atoms with Crippen molar-refractivity contribution < 1.29 is 15.0 Å². The third kappa shape index (κ3) is 1.61. The lowest BCUT2D eigenvalue weighted by atomic mass is 9.72. The topological polar surface area (TPSA) is 57.5 Å². The van der Waals surface area contributed by atoms with E-state index in [1.807, 2.05) is 0 Å². The minimum Gasteiger partial charge on any atom is -0.481 e. The van der Waals surface area contributed by atoms with Crippen molar-refractivity contribution in [1.29, 1.82) is 0 Å². The van der Waals surface area contributed by atoms with Gasteiger partial charge in [-0.25, -0.2) is 0 Å². The van der Waals surface area contributed by atoms with Crippen LogP contribution in [0.5, 0.6) is 0 Å². The van der Waals surface area contributed by atoms with E-state index >= 15 is 0 Å². The molecule has 0 heterocycles. The van der Waals surface area contributed by atoms with Crippen molar-refractivity contribution in [3.63, 3.8) is 0 Å². The van der Waals surface area contributed by atoms with E-state index in [1.165, 1.54) is 0 Å². The van der Waals surface area contributed by atoms with Crippen LogP contribution in [0.2, 0.25) is 0 Å². The standard InChI is InChI=1S/C9H18O3/c1-5-9(12,6-2)8(3,4)7(10)11/h12H,5-6H2,1-4H3,(H,10,11).